The van der Waals surface area contributed by atoms with E-state index < -0.39 is 0 Å². The molecule has 0 aromatic heterocycles. The Bertz CT molecular complexity index is 214. The van der Waals surface area contributed by atoms with Crippen molar-refractivity contribution in [3.8, 4) is 0 Å². The first-order valence-electron chi connectivity index (χ1n) is 7.80. The van der Waals surface area contributed by atoms with Crippen LogP contribution in [-0.2, 0) is 9.47 Å². The molecule has 0 bridgehead atoms. The third-order valence-electron chi connectivity index (χ3n) is 3.84. The summed E-state index contributed by atoms with van der Waals surface area (Å²) in [7, 11) is 1.71. The van der Waals surface area contributed by atoms with E-state index in [1.54, 1.807) is 7.11 Å². The van der Waals surface area contributed by atoms with Crippen molar-refractivity contribution in [3.63, 3.8) is 0 Å². The normalized spacial score (nSPS) is 24.8. The van der Waals surface area contributed by atoms with Crippen molar-refractivity contribution in [1.82, 2.24) is 10.2 Å². The Hall–Kier alpha value is -0.160. The van der Waals surface area contributed by atoms with Gasteiger partial charge in [0.15, 0.2) is 0 Å². The number of piperidine rings is 1. The van der Waals surface area contributed by atoms with Gasteiger partial charge in [0.1, 0.15) is 0 Å². The van der Waals surface area contributed by atoms with Crippen LogP contribution in [-0.4, -0.2) is 64.1 Å². The minimum atomic E-state index is 0.700. The Kier molecular flexibility index (Phi) is 9.43. The van der Waals surface area contributed by atoms with Gasteiger partial charge < -0.3 is 19.7 Å². The molecular formula is C15H32N2O2. The van der Waals surface area contributed by atoms with Gasteiger partial charge in [-0.2, -0.15) is 0 Å². The average Bonchev–Trinajstić information content (AvgIpc) is 2.42. The Morgan fingerprint density at radius 3 is 2.79 bits per heavy atom. The van der Waals surface area contributed by atoms with Crippen molar-refractivity contribution in [3.05, 3.63) is 0 Å². The van der Waals surface area contributed by atoms with Crippen molar-refractivity contribution < 1.29 is 9.47 Å². The van der Waals surface area contributed by atoms with Gasteiger partial charge in [-0.25, -0.2) is 0 Å². The molecule has 1 heterocycles. The molecule has 1 saturated heterocycles. The van der Waals surface area contributed by atoms with Gasteiger partial charge >= 0.3 is 0 Å². The molecule has 1 rings (SSSR count). The van der Waals surface area contributed by atoms with Crippen molar-refractivity contribution in [1.29, 1.82) is 0 Å². The number of nitrogens with one attached hydrogen (secondary N) is 1. The molecule has 0 saturated carbocycles. The topological polar surface area (TPSA) is 33.7 Å². The van der Waals surface area contributed by atoms with Crippen LogP contribution in [0.15, 0.2) is 0 Å². The number of nitrogens with zero attached hydrogens (tertiary/aromatic N) is 1. The predicted molar refractivity (Wildman–Crippen MR) is 79.6 cm³/mol. The first-order chi connectivity index (χ1) is 9.27. The average molecular weight is 272 g/mol. The summed E-state index contributed by atoms with van der Waals surface area (Å²) in [5, 5.41) is 3.67. The van der Waals surface area contributed by atoms with Crippen molar-refractivity contribution in [2.45, 2.75) is 39.2 Å². The van der Waals surface area contributed by atoms with Crippen molar-refractivity contribution in [2.75, 3.05) is 53.1 Å². The molecule has 1 fully saturated rings. The number of hydrogen-bond donors (Lipinski definition) is 1. The Morgan fingerprint density at radius 1 is 1.26 bits per heavy atom. The standard InChI is InChI=1S/C15H32N2O2/c1-4-7-16-15-6-9-17(13-14(15)2)8-5-10-19-12-11-18-3/h14-16H,4-13H2,1-3H3. The number of likely N-dealkylation sites (tertiary alicyclic amines) is 1. The zero-order chi connectivity index (χ0) is 13.9. The minimum Gasteiger partial charge on any atom is -0.382 e. The Balaban J connectivity index is 2.04. The second-order valence-corrected chi connectivity index (χ2v) is 5.59. The van der Waals surface area contributed by atoms with Crippen LogP contribution in [0.25, 0.3) is 0 Å². The molecule has 4 heteroatoms. The summed E-state index contributed by atoms with van der Waals surface area (Å²) in [4.78, 5) is 2.58. The highest BCUT2D eigenvalue weighted by Crippen LogP contribution is 2.16. The molecule has 4 nitrogen and oxygen atoms in total. The third-order valence-corrected chi connectivity index (χ3v) is 3.84. The minimum absolute atomic E-state index is 0.700. The monoisotopic (exact) mass is 272 g/mol. The maximum absolute atomic E-state index is 5.50. The van der Waals surface area contributed by atoms with E-state index in [1.807, 2.05) is 0 Å². The summed E-state index contributed by atoms with van der Waals surface area (Å²) in [5.41, 5.74) is 0. The van der Waals surface area contributed by atoms with Gasteiger partial charge in [-0.1, -0.05) is 13.8 Å². The summed E-state index contributed by atoms with van der Waals surface area (Å²) < 4.78 is 10.5. The summed E-state index contributed by atoms with van der Waals surface area (Å²) in [6.07, 6.45) is 3.64. The van der Waals surface area contributed by atoms with Crippen LogP contribution in [0.5, 0.6) is 0 Å². The molecule has 19 heavy (non-hydrogen) atoms. The molecule has 1 N–H and O–H groups in total. The highest BCUT2D eigenvalue weighted by Gasteiger charge is 2.24. The largest absolute Gasteiger partial charge is 0.382 e. The highest BCUT2D eigenvalue weighted by atomic mass is 16.5. The summed E-state index contributed by atoms with van der Waals surface area (Å²) in [5.74, 6) is 0.759. The molecule has 0 aromatic rings. The van der Waals surface area contributed by atoms with Gasteiger partial charge in [0, 0.05) is 32.8 Å². The lowest BCUT2D eigenvalue weighted by Crippen LogP contribution is -2.48. The maximum atomic E-state index is 5.50. The van der Waals surface area contributed by atoms with Crippen LogP contribution < -0.4 is 5.32 Å². The molecule has 2 atom stereocenters. The first kappa shape index (κ1) is 16.9. The fourth-order valence-electron chi connectivity index (χ4n) is 2.70. The zero-order valence-corrected chi connectivity index (χ0v) is 13.0. The van der Waals surface area contributed by atoms with Gasteiger partial charge in [-0.3, -0.25) is 0 Å². The lowest BCUT2D eigenvalue weighted by atomic mass is 9.93. The van der Waals surface area contributed by atoms with Crippen LogP contribution in [0.4, 0.5) is 0 Å². The lowest BCUT2D eigenvalue weighted by Gasteiger charge is -2.37. The zero-order valence-electron chi connectivity index (χ0n) is 13.0. The predicted octanol–water partition coefficient (Wildman–Crippen LogP) is 1.75. The molecule has 1 aliphatic heterocycles. The summed E-state index contributed by atoms with van der Waals surface area (Å²) >= 11 is 0. The molecule has 114 valence electrons. The fourth-order valence-corrected chi connectivity index (χ4v) is 2.70. The van der Waals surface area contributed by atoms with E-state index in [1.165, 1.54) is 25.9 Å². The van der Waals surface area contributed by atoms with Crippen LogP contribution >= 0.6 is 0 Å². The molecule has 0 radical (unpaired) electrons. The van der Waals surface area contributed by atoms with Crippen LogP contribution in [0.1, 0.15) is 33.1 Å². The van der Waals surface area contributed by atoms with E-state index in [0.29, 0.717) is 12.6 Å². The summed E-state index contributed by atoms with van der Waals surface area (Å²) in [6.45, 7) is 11.6. The molecule has 0 aromatic carbocycles. The number of ether oxygens (including phenoxy) is 2. The van der Waals surface area contributed by atoms with Gasteiger partial charge in [0.2, 0.25) is 0 Å². The molecule has 0 amide bonds. The lowest BCUT2D eigenvalue weighted by molar-refractivity contribution is 0.0611. The molecule has 2 unspecified atom stereocenters. The number of rotatable bonds is 10. The van der Waals surface area contributed by atoms with Crippen LogP contribution in [0.3, 0.4) is 0 Å². The van der Waals surface area contributed by atoms with Gasteiger partial charge in [-0.05, 0) is 38.3 Å². The van der Waals surface area contributed by atoms with Crippen LogP contribution in [0.2, 0.25) is 0 Å². The maximum Gasteiger partial charge on any atom is 0.0700 e. The quantitative estimate of drug-likeness (QED) is 0.614. The van der Waals surface area contributed by atoms with E-state index in [9.17, 15) is 0 Å². The summed E-state index contributed by atoms with van der Waals surface area (Å²) in [6, 6.07) is 0.717. The van der Waals surface area contributed by atoms with Gasteiger partial charge in [-0.15, -0.1) is 0 Å². The molecule has 1 aliphatic rings. The van der Waals surface area contributed by atoms with Gasteiger partial charge in [0.05, 0.1) is 13.2 Å². The van der Waals surface area contributed by atoms with Crippen molar-refractivity contribution >= 4 is 0 Å². The van der Waals surface area contributed by atoms with Crippen molar-refractivity contribution in [2.24, 2.45) is 5.92 Å². The molecule has 0 spiro atoms. The second kappa shape index (κ2) is 10.6. The van der Waals surface area contributed by atoms with Gasteiger partial charge in [0.25, 0.3) is 0 Å². The second-order valence-electron chi connectivity index (χ2n) is 5.59. The first-order valence-corrected chi connectivity index (χ1v) is 7.80. The third kappa shape index (κ3) is 7.25. The van der Waals surface area contributed by atoms with E-state index in [-0.39, 0.29) is 0 Å². The van der Waals surface area contributed by atoms with E-state index >= 15 is 0 Å². The number of methoxy groups -OCH3 is 1. The Labute approximate surface area is 118 Å². The van der Waals surface area contributed by atoms with E-state index in [2.05, 4.69) is 24.1 Å². The smallest absolute Gasteiger partial charge is 0.0700 e. The van der Waals surface area contributed by atoms with E-state index in [4.69, 9.17) is 9.47 Å². The molecular weight excluding hydrogens is 240 g/mol. The SMILES string of the molecule is CCCNC1CCN(CCCOCCOC)CC1C. The van der Waals surface area contributed by atoms with Crippen LogP contribution in [0, 0.1) is 5.92 Å². The van der Waals surface area contributed by atoms with E-state index in [0.717, 1.165) is 38.6 Å². The number of hydrogen-bond acceptors (Lipinski definition) is 4. The highest BCUT2D eigenvalue weighted by molar-refractivity contribution is 4.82. The molecule has 0 aliphatic carbocycles. The Morgan fingerprint density at radius 2 is 2.11 bits per heavy atom. The fraction of sp³-hybridized carbons (Fsp3) is 1.00.